The Labute approximate surface area is 266 Å². The standard InChI is InChI=1S/C40H79NO/c1-2-3-4-5-6-7-8-9-10-11-12-13-14-15-16-17-18-19-20-21-22-23-24-25-26-27-28-29-30-31-32-33-34-35-36-37-38-39-40(41)42/h27-28H,2-26,29-39H2,1H3,(H2,41,42)/b28-27-. The van der Waals surface area contributed by atoms with Gasteiger partial charge in [0.1, 0.15) is 0 Å². The van der Waals surface area contributed by atoms with Gasteiger partial charge < -0.3 is 5.73 Å². The summed E-state index contributed by atoms with van der Waals surface area (Å²) in [4.78, 5) is 10.7. The number of primary amides is 1. The molecular formula is C40H79NO. The second-order valence-electron chi connectivity index (χ2n) is 13.6. The van der Waals surface area contributed by atoms with E-state index >= 15 is 0 Å². The Morgan fingerprint density at radius 1 is 0.357 bits per heavy atom. The van der Waals surface area contributed by atoms with Crippen LogP contribution in [0.2, 0.25) is 0 Å². The van der Waals surface area contributed by atoms with E-state index in [-0.39, 0.29) is 5.91 Å². The largest absolute Gasteiger partial charge is 0.370 e. The van der Waals surface area contributed by atoms with E-state index in [9.17, 15) is 4.79 Å². The first-order chi connectivity index (χ1) is 20.8. The van der Waals surface area contributed by atoms with Crippen LogP contribution in [0.3, 0.4) is 0 Å². The molecule has 0 bridgehead atoms. The number of allylic oxidation sites excluding steroid dienone is 2. The molecule has 0 atom stereocenters. The van der Waals surface area contributed by atoms with E-state index in [2.05, 4.69) is 19.1 Å². The molecule has 250 valence electrons. The van der Waals surface area contributed by atoms with Gasteiger partial charge >= 0.3 is 0 Å². The van der Waals surface area contributed by atoms with Gasteiger partial charge in [-0.15, -0.1) is 0 Å². The molecule has 0 aliphatic heterocycles. The Morgan fingerprint density at radius 2 is 0.571 bits per heavy atom. The minimum Gasteiger partial charge on any atom is -0.370 e. The van der Waals surface area contributed by atoms with E-state index in [4.69, 9.17) is 5.73 Å². The third-order valence-electron chi connectivity index (χ3n) is 9.18. The van der Waals surface area contributed by atoms with E-state index < -0.39 is 0 Å². The van der Waals surface area contributed by atoms with E-state index in [1.165, 1.54) is 212 Å². The monoisotopic (exact) mass is 590 g/mol. The predicted molar refractivity (Wildman–Crippen MR) is 190 cm³/mol. The van der Waals surface area contributed by atoms with Crippen LogP contribution in [0.1, 0.15) is 238 Å². The highest BCUT2D eigenvalue weighted by Crippen LogP contribution is 2.16. The lowest BCUT2D eigenvalue weighted by Crippen LogP contribution is -2.09. The number of unbranched alkanes of at least 4 members (excludes halogenated alkanes) is 33. The second-order valence-corrected chi connectivity index (χ2v) is 13.6. The maximum atomic E-state index is 10.7. The van der Waals surface area contributed by atoms with Crippen LogP contribution in [0.5, 0.6) is 0 Å². The first-order valence-electron chi connectivity index (χ1n) is 19.7. The zero-order chi connectivity index (χ0) is 30.4. The average molecular weight is 590 g/mol. The normalized spacial score (nSPS) is 11.6. The van der Waals surface area contributed by atoms with Crippen LogP contribution >= 0.6 is 0 Å². The summed E-state index contributed by atoms with van der Waals surface area (Å²) in [7, 11) is 0. The summed E-state index contributed by atoms with van der Waals surface area (Å²) in [5.74, 6) is -0.152. The van der Waals surface area contributed by atoms with E-state index in [1.807, 2.05) is 0 Å². The van der Waals surface area contributed by atoms with Gasteiger partial charge in [0.2, 0.25) is 5.91 Å². The molecule has 0 spiro atoms. The molecule has 0 heterocycles. The Kier molecular flexibility index (Phi) is 37.5. The van der Waals surface area contributed by atoms with Crippen molar-refractivity contribution in [2.75, 3.05) is 0 Å². The lowest BCUT2D eigenvalue weighted by molar-refractivity contribution is -0.118. The van der Waals surface area contributed by atoms with Gasteiger partial charge in [0.05, 0.1) is 0 Å². The molecule has 0 aromatic carbocycles. The van der Waals surface area contributed by atoms with E-state index in [1.54, 1.807) is 0 Å². The molecule has 0 saturated heterocycles. The zero-order valence-electron chi connectivity index (χ0n) is 29.1. The molecule has 0 saturated carbocycles. The molecule has 2 heteroatoms. The molecule has 2 N–H and O–H groups in total. The lowest BCUT2D eigenvalue weighted by atomic mass is 10.0. The molecule has 2 nitrogen and oxygen atoms in total. The Balaban J connectivity index is 3.09. The summed E-state index contributed by atoms with van der Waals surface area (Å²) in [6.45, 7) is 2.30. The van der Waals surface area contributed by atoms with Crippen LogP contribution in [-0.2, 0) is 4.79 Å². The first kappa shape index (κ1) is 41.2. The van der Waals surface area contributed by atoms with Crippen molar-refractivity contribution in [2.45, 2.75) is 238 Å². The van der Waals surface area contributed by atoms with E-state index in [0.29, 0.717) is 6.42 Å². The van der Waals surface area contributed by atoms with Crippen molar-refractivity contribution in [3.8, 4) is 0 Å². The molecule has 0 unspecified atom stereocenters. The summed E-state index contributed by atoms with van der Waals surface area (Å²) in [5.41, 5.74) is 5.17. The fourth-order valence-electron chi connectivity index (χ4n) is 6.26. The van der Waals surface area contributed by atoms with Crippen LogP contribution in [-0.4, -0.2) is 5.91 Å². The lowest BCUT2D eigenvalue weighted by Gasteiger charge is -2.04. The van der Waals surface area contributed by atoms with Gasteiger partial charge in [-0.1, -0.05) is 212 Å². The number of rotatable bonds is 37. The zero-order valence-corrected chi connectivity index (χ0v) is 29.1. The summed E-state index contributed by atoms with van der Waals surface area (Å²) in [6, 6.07) is 0. The number of carbonyl (C=O) groups excluding carboxylic acids is 1. The van der Waals surface area contributed by atoms with Crippen LogP contribution in [0.15, 0.2) is 12.2 Å². The Morgan fingerprint density at radius 3 is 0.810 bits per heavy atom. The molecule has 0 aliphatic carbocycles. The molecule has 1 amide bonds. The third-order valence-corrected chi connectivity index (χ3v) is 9.18. The van der Waals surface area contributed by atoms with Crippen LogP contribution in [0.4, 0.5) is 0 Å². The van der Waals surface area contributed by atoms with Crippen molar-refractivity contribution in [1.82, 2.24) is 0 Å². The van der Waals surface area contributed by atoms with Crippen molar-refractivity contribution in [2.24, 2.45) is 5.73 Å². The quantitative estimate of drug-likeness (QED) is 0.0568. The second kappa shape index (κ2) is 38.2. The van der Waals surface area contributed by atoms with Gasteiger partial charge in [-0.3, -0.25) is 4.79 Å². The van der Waals surface area contributed by atoms with Crippen LogP contribution in [0.25, 0.3) is 0 Å². The van der Waals surface area contributed by atoms with Gasteiger partial charge in [0.15, 0.2) is 0 Å². The van der Waals surface area contributed by atoms with Gasteiger partial charge in [0.25, 0.3) is 0 Å². The fraction of sp³-hybridized carbons (Fsp3) is 0.925. The fourth-order valence-corrected chi connectivity index (χ4v) is 6.26. The van der Waals surface area contributed by atoms with Crippen molar-refractivity contribution >= 4 is 5.91 Å². The smallest absolute Gasteiger partial charge is 0.217 e. The predicted octanol–water partition coefficient (Wildman–Crippen LogP) is 14.1. The van der Waals surface area contributed by atoms with Crippen LogP contribution in [0, 0.1) is 0 Å². The van der Waals surface area contributed by atoms with Gasteiger partial charge in [-0.25, -0.2) is 0 Å². The highest BCUT2D eigenvalue weighted by atomic mass is 16.1. The Bertz CT molecular complexity index is 528. The Hall–Kier alpha value is -0.790. The maximum Gasteiger partial charge on any atom is 0.217 e. The number of carbonyl (C=O) groups is 1. The topological polar surface area (TPSA) is 43.1 Å². The molecule has 0 aromatic heterocycles. The highest BCUT2D eigenvalue weighted by molar-refractivity contribution is 5.73. The summed E-state index contributed by atoms with van der Waals surface area (Å²) in [6.07, 6.45) is 54.6. The minimum atomic E-state index is -0.152. The molecule has 0 rings (SSSR count). The van der Waals surface area contributed by atoms with E-state index in [0.717, 1.165) is 12.8 Å². The summed E-state index contributed by atoms with van der Waals surface area (Å²) in [5, 5.41) is 0. The average Bonchev–Trinajstić information content (AvgIpc) is 2.98. The van der Waals surface area contributed by atoms with Gasteiger partial charge in [0, 0.05) is 6.42 Å². The van der Waals surface area contributed by atoms with Crippen molar-refractivity contribution in [3.63, 3.8) is 0 Å². The van der Waals surface area contributed by atoms with Gasteiger partial charge in [-0.05, 0) is 32.1 Å². The first-order valence-corrected chi connectivity index (χ1v) is 19.7. The molecule has 42 heavy (non-hydrogen) atoms. The van der Waals surface area contributed by atoms with Crippen molar-refractivity contribution < 1.29 is 4.79 Å². The SMILES string of the molecule is CCCCCCCCCCCCCCCCCCCCCCCCCC/C=C\CCCCCCCCCCCC(N)=O. The minimum absolute atomic E-state index is 0.152. The highest BCUT2D eigenvalue weighted by Gasteiger charge is 1.97. The molecule has 0 radical (unpaired) electrons. The van der Waals surface area contributed by atoms with Crippen molar-refractivity contribution in [1.29, 1.82) is 0 Å². The number of hydrogen-bond donors (Lipinski definition) is 1. The maximum absolute atomic E-state index is 10.7. The molecule has 0 fully saturated rings. The van der Waals surface area contributed by atoms with Crippen LogP contribution < -0.4 is 5.73 Å². The molecule has 0 aromatic rings. The van der Waals surface area contributed by atoms with Crippen molar-refractivity contribution in [3.05, 3.63) is 12.2 Å². The third kappa shape index (κ3) is 39.2. The molecule has 0 aliphatic rings. The summed E-state index contributed by atoms with van der Waals surface area (Å²) < 4.78 is 0. The number of hydrogen-bond acceptors (Lipinski definition) is 1. The molecular weight excluding hydrogens is 510 g/mol. The van der Waals surface area contributed by atoms with Gasteiger partial charge in [-0.2, -0.15) is 0 Å². The summed E-state index contributed by atoms with van der Waals surface area (Å²) >= 11 is 0. The number of amides is 1. The number of nitrogens with two attached hydrogens (primary N) is 1.